The van der Waals surface area contributed by atoms with E-state index >= 15 is 0 Å². The molecule has 12 heteroatoms. The summed E-state index contributed by atoms with van der Waals surface area (Å²) in [6.07, 6.45) is 1.50. The molecule has 182 valence electrons. The number of amides is 1. The van der Waals surface area contributed by atoms with Crippen LogP contribution in [0.15, 0.2) is 28.9 Å². The highest BCUT2D eigenvalue weighted by atomic mass is 19.1. The first kappa shape index (κ1) is 22.7. The molecule has 0 spiro atoms. The summed E-state index contributed by atoms with van der Waals surface area (Å²) in [6, 6.07) is 2.92. The highest BCUT2D eigenvalue weighted by molar-refractivity contribution is 6.15. The van der Waals surface area contributed by atoms with Gasteiger partial charge in [-0.25, -0.2) is 28.8 Å². The van der Waals surface area contributed by atoms with Crippen LogP contribution in [0.3, 0.4) is 0 Å². The average Bonchev–Trinajstić information content (AvgIpc) is 3.39. The monoisotopic (exact) mass is 481 g/mol. The van der Waals surface area contributed by atoms with Crippen molar-refractivity contribution in [2.24, 2.45) is 5.41 Å². The summed E-state index contributed by atoms with van der Waals surface area (Å²) >= 11 is 0. The van der Waals surface area contributed by atoms with Gasteiger partial charge in [0.15, 0.2) is 16.9 Å². The predicted octanol–water partition coefficient (Wildman–Crippen LogP) is 3.65. The maximum atomic E-state index is 13.6. The SMILES string of the molecule is CC(C)(C)[C@@H]1C(n2nc(C(=O)c3nc4cc(F)ccc4o3)c3c(N)ncnc32)CCCN1C(=O)O. The van der Waals surface area contributed by atoms with Crippen molar-refractivity contribution in [2.45, 2.75) is 45.7 Å². The number of halogens is 1. The molecule has 3 aromatic heterocycles. The fraction of sp³-hybridized carbons (Fsp3) is 0.391. The molecule has 1 aromatic carbocycles. The van der Waals surface area contributed by atoms with Crippen LogP contribution in [0.25, 0.3) is 22.1 Å². The Bertz CT molecular complexity index is 1470. The van der Waals surface area contributed by atoms with E-state index in [4.69, 9.17) is 10.2 Å². The van der Waals surface area contributed by atoms with Crippen LogP contribution in [0.4, 0.5) is 15.0 Å². The Balaban J connectivity index is 1.67. The molecule has 1 aliphatic rings. The Morgan fingerprint density at radius 1 is 1.26 bits per heavy atom. The van der Waals surface area contributed by atoms with E-state index in [-0.39, 0.29) is 33.9 Å². The van der Waals surface area contributed by atoms with Crippen LogP contribution in [-0.2, 0) is 0 Å². The van der Waals surface area contributed by atoms with Gasteiger partial charge in [-0.15, -0.1) is 0 Å². The van der Waals surface area contributed by atoms with Gasteiger partial charge in [-0.3, -0.25) is 4.79 Å². The first-order valence-electron chi connectivity index (χ1n) is 11.2. The van der Waals surface area contributed by atoms with Gasteiger partial charge >= 0.3 is 6.09 Å². The van der Waals surface area contributed by atoms with Crippen molar-refractivity contribution in [3.63, 3.8) is 0 Å². The van der Waals surface area contributed by atoms with E-state index in [0.717, 1.165) is 0 Å². The number of fused-ring (bicyclic) bond motifs is 2. The number of ketones is 1. The fourth-order valence-electron chi connectivity index (χ4n) is 4.98. The average molecular weight is 481 g/mol. The molecule has 1 aliphatic heterocycles. The van der Waals surface area contributed by atoms with Gasteiger partial charge in [-0.2, -0.15) is 5.10 Å². The number of nitrogens with zero attached hydrogens (tertiary/aromatic N) is 6. The van der Waals surface area contributed by atoms with Gasteiger partial charge in [0, 0.05) is 12.6 Å². The van der Waals surface area contributed by atoms with E-state index < -0.39 is 35.2 Å². The van der Waals surface area contributed by atoms with E-state index in [0.29, 0.717) is 25.0 Å². The van der Waals surface area contributed by atoms with Gasteiger partial charge in [-0.1, -0.05) is 20.8 Å². The zero-order valence-corrected chi connectivity index (χ0v) is 19.4. The second kappa shape index (κ2) is 8.00. The van der Waals surface area contributed by atoms with Gasteiger partial charge in [0.05, 0.1) is 17.5 Å². The van der Waals surface area contributed by atoms with Gasteiger partial charge in [0.1, 0.15) is 23.5 Å². The van der Waals surface area contributed by atoms with Crippen molar-refractivity contribution in [2.75, 3.05) is 12.3 Å². The number of piperidine rings is 1. The summed E-state index contributed by atoms with van der Waals surface area (Å²) in [7, 11) is 0. The number of benzene rings is 1. The Hall–Kier alpha value is -4.09. The van der Waals surface area contributed by atoms with Crippen molar-refractivity contribution in [3.8, 4) is 0 Å². The summed E-state index contributed by atoms with van der Waals surface area (Å²) in [4.78, 5) is 39.4. The molecule has 0 radical (unpaired) electrons. The lowest BCUT2D eigenvalue weighted by molar-refractivity contribution is 0.0247. The molecule has 0 bridgehead atoms. The molecule has 1 saturated heterocycles. The van der Waals surface area contributed by atoms with Crippen LogP contribution in [0.1, 0.15) is 56.0 Å². The van der Waals surface area contributed by atoms with Crippen molar-refractivity contribution < 1.29 is 23.5 Å². The van der Waals surface area contributed by atoms with Gasteiger partial charge in [-0.05, 0) is 30.4 Å². The second-order valence-electron chi connectivity index (χ2n) is 9.71. The lowest BCUT2D eigenvalue weighted by Crippen LogP contribution is -2.54. The molecule has 35 heavy (non-hydrogen) atoms. The van der Waals surface area contributed by atoms with Crippen molar-refractivity contribution in [3.05, 3.63) is 41.9 Å². The second-order valence-corrected chi connectivity index (χ2v) is 9.71. The molecular formula is C23H24FN7O4. The number of carbonyl (C=O) groups excluding carboxylic acids is 1. The Morgan fingerprint density at radius 3 is 2.74 bits per heavy atom. The summed E-state index contributed by atoms with van der Waals surface area (Å²) in [6.45, 7) is 6.29. The van der Waals surface area contributed by atoms with E-state index in [1.165, 1.54) is 29.4 Å². The molecule has 4 aromatic rings. The number of nitrogen functional groups attached to an aromatic ring is 1. The third-order valence-corrected chi connectivity index (χ3v) is 6.32. The number of hydrogen-bond donors (Lipinski definition) is 2. The topological polar surface area (TPSA) is 153 Å². The molecule has 0 saturated carbocycles. The van der Waals surface area contributed by atoms with Crippen LogP contribution in [0.5, 0.6) is 0 Å². The highest BCUT2D eigenvalue weighted by Gasteiger charge is 2.44. The first-order valence-corrected chi connectivity index (χ1v) is 11.2. The third-order valence-electron chi connectivity index (χ3n) is 6.32. The molecule has 3 N–H and O–H groups in total. The smallest absolute Gasteiger partial charge is 0.407 e. The minimum atomic E-state index is -1.02. The number of carbonyl (C=O) groups is 2. The number of carboxylic acid groups (broad SMARTS) is 1. The molecule has 1 amide bonds. The third kappa shape index (κ3) is 3.74. The maximum Gasteiger partial charge on any atom is 0.407 e. The largest absolute Gasteiger partial charge is 0.465 e. The number of hydrogen-bond acceptors (Lipinski definition) is 8. The number of aromatic nitrogens is 5. The van der Waals surface area contributed by atoms with Crippen LogP contribution in [0.2, 0.25) is 0 Å². The molecule has 1 unspecified atom stereocenters. The minimum absolute atomic E-state index is 0.0463. The Morgan fingerprint density at radius 2 is 2.03 bits per heavy atom. The lowest BCUT2D eigenvalue weighted by atomic mass is 9.77. The predicted molar refractivity (Wildman–Crippen MR) is 123 cm³/mol. The molecule has 2 atom stereocenters. The zero-order valence-electron chi connectivity index (χ0n) is 19.4. The summed E-state index contributed by atoms with van der Waals surface area (Å²) in [5, 5.41) is 14.7. The molecule has 0 aliphatic carbocycles. The molecule has 1 fully saturated rings. The molecule has 11 nitrogen and oxygen atoms in total. The van der Waals surface area contributed by atoms with E-state index in [1.807, 2.05) is 20.8 Å². The Labute approximate surface area is 198 Å². The molecular weight excluding hydrogens is 457 g/mol. The van der Waals surface area contributed by atoms with Crippen molar-refractivity contribution in [1.82, 2.24) is 29.6 Å². The van der Waals surface area contributed by atoms with Crippen LogP contribution in [-0.4, -0.2) is 59.2 Å². The number of rotatable bonds is 3. The highest BCUT2D eigenvalue weighted by Crippen LogP contribution is 2.40. The summed E-state index contributed by atoms with van der Waals surface area (Å²) < 4.78 is 20.7. The molecule has 5 rings (SSSR count). The normalized spacial score (nSPS) is 18.9. The Kier molecular flexibility index (Phi) is 5.18. The fourth-order valence-corrected chi connectivity index (χ4v) is 4.98. The van der Waals surface area contributed by atoms with E-state index in [1.54, 1.807) is 4.68 Å². The number of anilines is 1. The van der Waals surface area contributed by atoms with Gasteiger partial charge < -0.3 is 20.2 Å². The summed E-state index contributed by atoms with van der Waals surface area (Å²) in [5.41, 5.74) is 6.40. The quantitative estimate of drug-likeness (QED) is 0.417. The van der Waals surface area contributed by atoms with Crippen molar-refractivity contribution >= 4 is 39.8 Å². The van der Waals surface area contributed by atoms with Crippen LogP contribution >= 0.6 is 0 Å². The minimum Gasteiger partial charge on any atom is -0.465 e. The molecule has 4 heterocycles. The van der Waals surface area contributed by atoms with Crippen LogP contribution < -0.4 is 5.73 Å². The van der Waals surface area contributed by atoms with Crippen molar-refractivity contribution in [1.29, 1.82) is 0 Å². The van der Waals surface area contributed by atoms with Gasteiger partial charge in [0.2, 0.25) is 0 Å². The summed E-state index contributed by atoms with van der Waals surface area (Å²) in [5.74, 6) is -1.40. The maximum absolute atomic E-state index is 13.6. The zero-order chi connectivity index (χ0) is 25.1. The van der Waals surface area contributed by atoms with Gasteiger partial charge in [0.25, 0.3) is 11.7 Å². The lowest BCUT2D eigenvalue weighted by Gasteiger charge is -2.46. The standard InChI is InChI=1S/C23H24FN7O4/c1-23(2,3)18-13(5-4-8-30(18)22(33)34)31-20-15(19(25)26-10-27-20)16(29-31)17(32)21-28-12-9-11(24)6-7-14(12)35-21/h6-7,9-10,13,18H,4-5,8H2,1-3H3,(H,33,34)(H2,25,26,27)/t13?,18-/m0/s1. The van der Waals surface area contributed by atoms with E-state index in [2.05, 4.69) is 20.1 Å². The first-order chi connectivity index (χ1) is 16.6. The van der Waals surface area contributed by atoms with Crippen LogP contribution in [0, 0.1) is 11.2 Å². The number of nitrogens with two attached hydrogens (primary N) is 1. The number of likely N-dealkylation sites (tertiary alicyclic amines) is 1. The van der Waals surface area contributed by atoms with E-state index in [9.17, 15) is 19.1 Å². The number of oxazole rings is 1.